The molecule has 4 saturated carbocycles. The number of nitrogens with one attached hydrogen (secondary N) is 2. The number of hydrogen-bond acceptors (Lipinski definition) is 3. The van der Waals surface area contributed by atoms with Crippen molar-refractivity contribution in [3.63, 3.8) is 0 Å². The van der Waals surface area contributed by atoms with Crippen LogP contribution in [0.1, 0.15) is 44.9 Å². The molecule has 27 heavy (non-hydrogen) atoms. The number of hydrogen-bond donors (Lipinski definition) is 2. The van der Waals surface area contributed by atoms with Gasteiger partial charge in [-0.05, 0) is 68.4 Å². The molecule has 6 nitrogen and oxygen atoms in total. The normalized spacial score (nSPS) is 31.3. The van der Waals surface area contributed by atoms with Gasteiger partial charge in [0, 0.05) is 18.5 Å². The van der Waals surface area contributed by atoms with Crippen LogP contribution in [0.3, 0.4) is 0 Å². The van der Waals surface area contributed by atoms with Gasteiger partial charge >= 0.3 is 5.69 Å². The van der Waals surface area contributed by atoms with E-state index in [1.807, 2.05) is 0 Å². The second kappa shape index (κ2) is 6.08. The molecule has 6 heteroatoms. The molecule has 4 aliphatic rings. The third-order valence-corrected chi connectivity index (χ3v) is 6.91. The largest absolute Gasteiger partial charge is 0.351 e. The van der Waals surface area contributed by atoms with Gasteiger partial charge in [-0.25, -0.2) is 4.79 Å². The Morgan fingerprint density at radius 2 is 1.70 bits per heavy atom. The molecule has 0 unspecified atom stereocenters. The Bertz CT molecular complexity index is 984. The summed E-state index contributed by atoms with van der Waals surface area (Å²) in [6.07, 6.45) is 7.62. The Morgan fingerprint density at radius 1 is 1.07 bits per heavy atom. The molecular formula is C21H25N3O3. The summed E-state index contributed by atoms with van der Waals surface area (Å²) in [4.78, 5) is 39.3. The maximum absolute atomic E-state index is 12.7. The Balaban J connectivity index is 1.33. The SMILES string of the molecule is O=C(CCn1c(=O)[nH]c(=O)c2ccccc21)NC12CC3CC(CC(C3)C1)C2. The number of nitrogens with zero attached hydrogens (tertiary/aromatic N) is 1. The summed E-state index contributed by atoms with van der Waals surface area (Å²) in [6, 6.07) is 7.02. The van der Waals surface area contributed by atoms with Gasteiger partial charge in [-0.1, -0.05) is 12.1 Å². The van der Waals surface area contributed by atoms with Crippen molar-refractivity contribution in [2.75, 3.05) is 0 Å². The van der Waals surface area contributed by atoms with Gasteiger partial charge in [-0.2, -0.15) is 0 Å². The molecule has 1 amide bonds. The van der Waals surface area contributed by atoms with E-state index < -0.39 is 5.69 Å². The fraction of sp³-hybridized carbons (Fsp3) is 0.571. The number of carbonyl (C=O) groups is 1. The predicted molar refractivity (Wildman–Crippen MR) is 102 cm³/mol. The van der Waals surface area contributed by atoms with Gasteiger partial charge in [0.25, 0.3) is 5.56 Å². The van der Waals surface area contributed by atoms with Gasteiger partial charge in [-0.3, -0.25) is 19.1 Å². The van der Waals surface area contributed by atoms with Crippen LogP contribution in [0.15, 0.2) is 33.9 Å². The number of aromatic amines is 1. The fourth-order valence-electron chi connectivity index (χ4n) is 6.30. The van der Waals surface area contributed by atoms with Crippen LogP contribution in [-0.4, -0.2) is 21.0 Å². The molecule has 4 bridgehead atoms. The summed E-state index contributed by atoms with van der Waals surface area (Å²) in [5.41, 5.74) is -0.274. The zero-order valence-electron chi connectivity index (χ0n) is 15.4. The van der Waals surface area contributed by atoms with Crippen LogP contribution in [0.5, 0.6) is 0 Å². The Kier molecular flexibility index (Phi) is 3.78. The minimum absolute atomic E-state index is 0.0101. The number of benzene rings is 1. The van der Waals surface area contributed by atoms with Gasteiger partial charge in [0.1, 0.15) is 0 Å². The van der Waals surface area contributed by atoms with Crippen molar-refractivity contribution < 1.29 is 4.79 Å². The van der Waals surface area contributed by atoms with E-state index >= 15 is 0 Å². The molecule has 142 valence electrons. The highest BCUT2D eigenvalue weighted by Crippen LogP contribution is 2.55. The number of para-hydroxylation sites is 1. The Morgan fingerprint density at radius 3 is 2.37 bits per heavy atom. The molecule has 4 aliphatic carbocycles. The van der Waals surface area contributed by atoms with Crippen molar-refractivity contribution >= 4 is 16.8 Å². The number of H-pyrrole nitrogens is 1. The first-order chi connectivity index (χ1) is 13.0. The van der Waals surface area contributed by atoms with E-state index in [1.165, 1.54) is 23.8 Å². The summed E-state index contributed by atoms with van der Waals surface area (Å²) < 4.78 is 1.50. The van der Waals surface area contributed by atoms with Gasteiger partial charge < -0.3 is 5.32 Å². The average Bonchev–Trinajstić information content (AvgIpc) is 2.60. The molecule has 0 radical (unpaired) electrons. The third-order valence-electron chi connectivity index (χ3n) is 6.91. The predicted octanol–water partition coefficient (Wildman–Crippen LogP) is 2.16. The Labute approximate surface area is 157 Å². The van der Waals surface area contributed by atoms with Crippen molar-refractivity contribution in [2.45, 2.75) is 57.0 Å². The van der Waals surface area contributed by atoms with E-state index in [-0.39, 0.29) is 30.0 Å². The van der Waals surface area contributed by atoms with Crippen molar-refractivity contribution in [2.24, 2.45) is 17.8 Å². The smallest absolute Gasteiger partial charge is 0.328 e. The van der Waals surface area contributed by atoms with Gasteiger partial charge in [0.15, 0.2) is 0 Å². The molecule has 6 rings (SSSR count). The molecule has 0 aliphatic heterocycles. The second-order valence-electron chi connectivity index (χ2n) is 8.92. The van der Waals surface area contributed by atoms with Gasteiger partial charge in [-0.15, -0.1) is 0 Å². The topological polar surface area (TPSA) is 84.0 Å². The molecule has 2 N–H and O–H groups in total. The minimum Gasteiger partial charge on any atom is -0.351 e. The molecular weight excluding hydrogens is 342 g/mol. The van der Waals surface area contributed by atoms with E-state index in [9.17, 15) is 14.4 Å². The van der Waals surface area contributed by atoms with E-state index in [1.54, 1.807) is 24.3 Å². The third kappa shape index (κ3) is 2.91. The zero-order valence-corrected chi connectivity index (χ0v) is 15.4. The van der Waals surface area contributed by atoms with E-state index in [0.29, 0.717) is 10.9 Å². The van der Waals surface area contributed by atoms with Crippen molar-refractivity contribution in [1.82, 2.24) is 14.9 Å². The standard InChI is InChI=1S/C21H25N3O3/c25-18(23-21-10-13-7-14(11-21)9-15(8-13)12-21)5-6-24-17-4-2-1-3-16(17)19(26)22-20(24)27/h1-4,13-15H,5-12H2,(H,23,25)(H,22,26,27). The first kappa shape index (κ1) is 16.8. The summed E-state index contributed by atoms with van der Waals surface area (Å²) in [5.74, 6) is 2.35. The average molecular weight is 367 g/mol. The molecule has 2 aromatic rings. The summed E-state index contributed by atoms with van der Waals surface area (Å²) in [5, 5.41) is 3.82. The molecule has 1 heterocycles. The highest BCUT2D eigenvalue weighted by molar-refractivity contribution is 5.79. The lowest BCUT2D eigenvalue weighted by Gasteiger charge is -2.56. The van der Waals surface area contributed by atoms with Crippen LogP contribution in [0, 0.1) is 17.8 Å². The second-order valence-corrected chi connectivity index (χ2v) is 8.92. The summed E-state index contributed by atoms with van der Waals surface area (Å²) >= 11 is 0. The maximum atomic E-state index is 12.7. The Hall–Kier alpha value is -2.37. The molecule has 0 spiro atoms. The van der Waals surface area contributed by atoms with Crippen LogP contribution in [-0.2, 0) is 11.3 Å². The lowest BCUT2D eigenvalue weighted by Crippen LogP contribution is -2.59. The monoisotopic (exact) mass is 367 g/mol. The van der Waals surface area contributed by atoms with Crippen LogP contribution >= 0.6 is 0 Å². The highest BCUT2D eigenvalue weighted by atomic mass is 16.2. The van der Waals surface area contributed by atoms with E-state index in [0.717, 1.165) is 37.0 Å². The van der Waals surface area contributed by atoms with Crippen LogP contribution in [0.25, 0.3) is 10.9 Å². The molecule has 1 aromatic carbocycles. The van der Waals surface area contributed by atoms with Gasteiger partial charge in [0.05, 0.1) is 10.9 Å². The van der Waals surface area contributed by atoms with Crippen molar-refractivity contribution in [3.05, 3.63) is 45.1 Å². The van der Waals surface area contributed by atoms with Crippen LogP contribution < -0.4 is 16.6 Å². The number of amides is 1. The maximum Gasteiger partial charge on any atom is 0.328 e. The van der Waals surface area contributed by atoms with E-state index in [2.05, 4.69) is 10.3 Å². The first-order valence-electron chi connectivity index (χ1n) is 10.0. The first-order valence-corrected chi connectivity index (χ1v) is 10.0. The summed E-state index contributed by atoms with van der Waals surface area (Å²) in [6.45, 7) is 0.272. The molecule has 1 aromatic heterocycles. The number of fused-ring (bicyclic) bond motifs is 1. The molecule has 0 saturated heterocycles. The lowest BCUT2D eigenvalue weighted by atomic mass is 9.53. The van der Waals surface area contributed by atoms with Crippen molar-refractivity contribution in [3.8, 4) is 0 Å². The highest BCUT2D eigenvalue weighted by Gasteiger charge is 2.51. The van der Waals surface area contributed by atoms with Crippen molar-refractivity contribution in [1.29, 1.82) is 0 Å². The number of carbonyl (C=O) groups excluding carboxylic acids is 1. The van der Waals surface area contributed by atoms with E-state index in [4.69, 9.17) is 0 Å². The number of aromatic nitrogens is 2. The van der Waals surface area contributed by atoms with Crippen LogP contribution in [0.2, 0.25) is 0 Å². The zero-order chi connectivity index (χ0) is 18.6. The van der Waals surface area contributed by atoms with Crippen LogP contribution in [0.4, 0.5) is 0 Å². The number of rotatable bonds is 4. The molecule has 0 atom stereocenters. The lowest BCUT2D eigenvalue weighted by molar-refractivity contribution is -0.127. The minimum atomic E-state index is -0.457. The number of aryl methyl sites for hydroxylation is 1. The summed E-state index contributed by atoms with van der Waals surface area (Å²) in [7, 11) is 0. The fourth-order valence-corrected chi connectivity index (χ4v) is 6.30. The molecule has 4 fully saturated rings. The van der Waals surface area contributed by atoms with Gasteiger partial charge in [0.2, 0.25) is 5.91 Å². The quantitative estimate of drug-likeness (QED) is 0.869.